The SMILES string of the molecule is CC(C)CCOC(=O)c1ccc(C(=O)OCCOC(=O)C/C=C/CC(=O)OC(C)C)cc1. The summed E-state index contributed by atoms with van der Waals surface area (Å²) in [6.45, 7) is 7.75. The molecule has 0 aliphatic carbocycles. The van der Waals surface area contributed by atoms with Crippen molar-refractivity contribution in [3.8, 4) is 0 Å². The molecule has 1 rings (SSSR count). The first-order valence-electron chi connectivity index (χ1n) is 10.6. The molecular weight excluding hydrogens is 416 g/mol. The molecule has 0 unspecified atom stereocenters. The Bertz CT molecular complexity index is 778. The second kappa shape index (κ2) is 14.8. The van der Waals surface area contributed by atoms with Gasteiger partial charge in [0.05, 0.1) is 36.7 Å². The van der Waals surface area contributed by atoms with Crippen LogP contribution in [0.2, 0.25) is 0 Å². The van der Waals surface area contributed by atoms with Crippen LogP contribution >= 0.6 is 0 Å². The maximum Gasteiger partial charge on any atom is 0.338 e. The van der Waals surface area contributed by atoms with Crippen molar-refractivity contribution in [2.45, 2.75) is 53.1 Å². The monoisotopic (exact) mass is 448 g/mol. The summed E-state index contributed by atoms with van der Waals surface area (Å²) >= 11 is 0. The molecule has 8 heteroatoms. The normalized spacial score (nSPS) is 10.9. The number of hydrogen-bond donors (Lipinski definition) is 0. The minimum Gasteiger partial charge on any atom is -0.463 e. The van der Waals surface area contributed by atoms with Gasteiger partial charge in [0.1, 0.15) is 13.2 Å². The molecular formula is C24H32O8. The Hall–Kier alpha value is -3.16. The maximum absolute atomic E-state index is 12.0. The van der Waals surface area contributed by atoms with Crippen LogP contribution in [-0.2, 0) is 28.5 Å². The summed E-state index contributed by atoms with van der Waals surface area (Å²) in [5.74, 6) is -1.47. The number of rotatable bonds is 13. The Balaban J connectivity index is 2.26. The van der Waals surface area contributed by atoms with Gasteiger partial charge in [0.15, 0.2) is 0 Å². The van der Waals surface area contributed by atoms with Crippen molar-refractivity contribution in [1.82, 2.24) is 0 Å². The zero-order chi connectivity index (χ0) is 23.9. The molecule has 0 aliphatic heterocycles. The van der Waals surface area contributed by atoms with E-state index in [1.165, 1.54) is 36.4 Å². The van der Waals surface area contributed by atoms with Crippen molar-refractivity contribution in [2.24, 2.45) is 5.92 Å². The second-order valence-corrected chi connectivity index (χ2v) is 7.67. The zero-order valence-electron chi connectivity index (χ0n) is 19.1. The fourth-order valence-electron chi connectivity index (χ4n) is 2.32. The predicted molar refractivity (Wildman–Crippen MR) is 117 cm³/mol. The average molecular weight is 449 g/mol. The highest BCUT2D eigenvalue weighted by Crippen LogP contribution is 2.09. The molecule has 32 heavy (non-hydrogen) atoms. The van der Waals surface area contributed by atoms with Gasteiger partial charge in [-0.3, -0.25) is 9.59 Å². The summed E-state index contributed by atoms with van der Waals surface area (Å²) < 4.78 is 20.1. The van der Waals surface area contributed by atoms with Crippen molar-refractivity contribution in [3.05, 3.63) is 47.5 Å². The van der Waals surface area contributed by atoms with Crippen molar-refractivity contribution in [2.75, 3.05) is 19.8 Å². The highest BCUT2D eigenvalue weighted by atomic mass is 16.6. The third-order valence-corrected chi connectivity index (χ3v) is 3.97. The molecule has 1 aromatic carbocycles. The van der Waals surface area contributed by atoms with Crippen LogP contribution < -0.4 is 0 Å². The van der Waals surface area contributed by atoms with Gasteiger partial charge < -0.3 is 18.9 Å². The van der Waals surface area contributed by atoms with Crippen molar-refractivity contribution in [3.63, 3.8) is 0 Å². The Kier molecular flexibility index (Phi) is 12.4. The van der Waals surface area contributed by atoms with E-state index in [2.05, 4.69) is 0 Å². The van der Waals surface area contributed by atoms with Crippen LogP contribution in [0, 0.1) is 5.92 Å². The van der Waals surface area contributed by atoms with E-state index in [0.29, 0.717) is 18.1 Å². The topological polar surface area (TPSA) is 105 Å². The second-order valence-electron chi connectivity index (χ2n) is 7.67. The number of ether oxygens (including phenoxy) is 4. The first kappa shape index (κ1) is 26.9. The van der Waals surface area contributed by atoms with Crippen LogP contribution in [0.5, 0.6) is 0 Å². The third kappa shape index (κ3) is 11.9. The lowest BCUT2D eigenvalue weighted by molar-refractivity contribution is -0.146. The van der Waals surface area contributed by atoms with Crippen LogP contribution in [0.15, 0.2) is 36.4 Å². The lowest BCUT2D eigenvalue weighted by Crippen LogP contribution is -2.14. The molecule has 0 spiro atoms. The quantitative estimate of drug-likeness (QED) is 0.194. The number of benzene rings is 1. The van der Waals surface area contributed by atoms with Gasteiger partial charge in [-0.1, -0.05) is 26.0 Å². The van der Waals surface area contributed by atoms with E-state index in [-0.39, 0.29) is 43.7 Å². The van der Waals surface area contributed by atoms with Gasteiger partial charge in [-0.15, -0.1) is 0 Å². The number of hydrogen-bond acceptors (Lipinski definition) is 8. The molecule has 0 saturated heterocycles. The molecule has 0 N–H and O–H groups in total. The molecule has 8 nitrogen and oxygen atoms in total. The van der Waals surface area contributed by atoms with E-state index < -0.39 is 17.9 Å². The van der Waals surface area contributed by atoms with Crippen LogP contribution in [0.25, 0.3) is 0 Å². The smallest absolute Gasteiger partial charge is 0.338 e. The Morgan fingerprint density at radius 1 is 0.719 bits per heavy atom. The standard InChI is InChI=1S/C24H32O8/c1-17(2)13-14-30-23(27)19-9-11-20(12-10-19)24(28)31-16-15-29-21(25)7-5-6-8-22(26)32-18(3)4/h5-6,9-12,17-18H,7-8,13-16H2,1-4H3/b6-5+. The molecule has 0 aromatic heterocycles. The largest absolute Gasteiger partial charge is 0.463 e. The van der Waals surface area contributed by atoms with Gasteiger partial charge >= 0.3 is 23.9 Å². The Morgan fingerprint density at radius 2 is 1.19 bits per heavy atom. The fourth-order valence-corrected chi connectivity index (χ4v) is 2.32. The van der Waals surface area contributed by atoms with Crippen molar-refractivity contribution < 1.29 is 38.1 Å². The van der Waals surface area contributed by atoms with Crippen LogP contribution in [0.3, 0.4) is 0 Å². The van der Waals surface area contributed by atoms with Gasteiger partial charge in [0.25, 0.3) is 0 Å². The summed E-state index contributed by atoms with van der Waals surface area (Å²) in [4.78, 5) is 46.9. The molecule has 0 amide bonds. The average Bonchev–Trinajstić information content (AvgIpc) is 2.73. The fraction of sp³-hybridized carbons (Fsp3) is 0.500. The van der Waals surface area contributed by atoms with Gasteiger partial charge in [0, 0.05) is 0 Å². The van der Waals surface area contributed by atoms with Crippen LogP contribution in [-0.4, -0.2) is 49.8 Å². The molecule has 0 radical (unpaired) electrons. The summed E-state index contributed by atoms with van der Waals surface area (Å²) in [7, 11) is 0. The Morgan fingerprint density at radius 3 is 1.69 bits per heavy atom. The predicted octanol–water partition coefficient (Wildman–Crippen LogP) is 3.88. The summed E-state index contributed by atoms with van der Waals surface area (Å²) in [6, 6.07) is 5.94. The van der Waals surface area contributed by atoms with Crippen LogP contribution in [0.4, 0.5) is 0 Å². The van der Waals surface area contributed by atoms with E-state index in [1.54, 1.807) is 13.8 Å². The molecule has 0 saturated carbocycles. The number of carbonyl (C=O) groups excluding carboxylic acids is 4. The summed E-state index contributed by atoms with van der Waals surface area (Å²) in [6.07, 6.45) is 3.73. The van der Waals surface area contributed by atoms with E-state index in [0.717, 1.165) is 6.42 Å². The lowest BCUT2D eigenvalue weighted by atomic mass is 10.1. The van der Waals surface area contributed by atoms with E-state index in [9.17, 15) is 19.2 Å². The van der Waals surface area contributed by atoms with E-state index in [4.69, 9.17) is 18.9 Å². The van der Waals surface area contributed by atoms with E-state index in [1.807, 2.05) is 13.8 Å². The minimum atomic E-state index is -0.593. The number of esters is 4. The molecule has 0 fully saturated rings. The van der Waals surface area contributed by atoms with Crippen molar-refractivity contribution >= 4 is 23.9 Å². The molecule has 176 valence electrons. The third-order valence-electron chi connectivity index (χ3n) is 3.97. The maximum atomic E-state index is 12.0. The van der Waals surface area contributed by atoms with Gasteiger partial charge in [0.2, 0.25) is 0 Å². The summed E-state index contributed by atoms with van der Waals surface area (Å²) in [5, 5.41) is 0. The van der Waals surface area contributed by atoms with Gasteiger partial charge in [-0.05, 0) is 50.5 Å². The molecule has 0 atom stereocenters. The summed E-state index contributed by atoms with van der Waals surface area (Å²) in [5.41, 5.74) is 0.621. The first-order valence-corrected chi connectivity index (χ1v) is 10.6. The van der Waals surface area contributed by atoms with Crippen LogP contribution in [0.1, 0.15) is 67.7 Å². The Labute approximate surface area is 188 Å². The number of carbonyl (C=O) groups is 4. The lowest BCUT2D eigenvalue weighted by Gasteiger charge is -2.08. The molecule has 0 heterocycles. The molecule has 0 aliphatic rings. The van der Waals surface area contributed by atoms with Gasteiger partial charge in [-0.2, -0.15) is 0 Å². The highest BCUT2D eigenvalue weighted by molar-refractivity contribution is 5.93. The highest BCUT2D eigenvalue weighted by Gasteiger charge is 2.11. The molecule has 1 aromatic rings. The molecule has 0 bridgehead atoms. The first-order chi connectivity index (χ1) is 15.2. The van der Waals surface area contributed by atoms with E-state index >= 15 is 0 Å². The minimum absolute atomic E-state index is 0.00235. The van der Waals surface area contributed by atoms with Gasteiger partial charge in [-0.25, -0.2) is 9.59 Å². The van der Waals surface area contributed by atoms with Crippen molar-refractivity contribution in [1.29, 1.82) is 0 Å². The zero-order valence-corrected chi connectivity index (χ0v) is 19.1.